The van der Waals surface area contributed by atoms with Crippen LogP contribution in [0.3, 0.4) is 0 Å². The van der Waals surface area contributed by atoms with E-state index in [0.717, 1.165) is 5.69 Å². The van der Waals surface area contributed by atoms with E-state index in [2.05, 4.69) is 22.1 Å². The Morgan fingerprint density at radius 2 is 1.81 bits per heavy atom. The van der Waals surface area contributed by atoms with Crippen molar-refractivity contribution in [2.75, 3.05) is 26.1 Å². The van der Waals surface area contributed by atoms with E-state index in [0.29, 0.717) is 40.7 Å². The Kier molecular flexibility index (Phi) is 7.45. The third-order valence-electron chi connectivity index (χ3n) is 4.51. The molecule has 1 atom stereocenters. The topological polar surface area (TPSA) is 118 Å². The first-order valence-corrected chi connectivity index (χ1v) is 10.4. The second-order valence-corrected chi connectivity index (χ2v) is 7.86. The zero-order chi connectivity index (χ0) is 22.2. The molecule has 0 unspecified atom stereocenters. The summed E-state index contributed by atoms with van der Waals surface area (Å²) in [5.41, 5.74) is 8.62. The fourth-order valence-electron chi connectivity index (χ4n) is 2.98. The molecule has 31 heavy (non-hydrogen) atoms. The molecule has 8 heteroatoms. The summed E-state index contributed by atoms with van der Waals surface area (Å²) >= 11 is 1.38. The quantitative estimate of drug-likeness (QED) is 0.413. The lowest BCUT2D eigenvalue weighted by molar-refractivity contribution is 0.146. The lowest BCUT2D eigenvalue weighted by Crippen LogP contribution is -2.05. The monoisotopic (exact) mass is 431 g/mol. The van der Waals surface area contributed by atoms with Crippen LogP contribution in [0.1, 0.15) is 29.0 Å². The largest absolute Gasteiger partial charge is 0.491 e. The Labute approximate surface area is 185 Å². The van der Waals surface area contributed by atoms with Gasteiger partial charge in [-0.2, -0.15) is 10.5 Å². The van der Waals surface area contributed by atoms with Gasteiger partial charge in [0.2, 0.25) is 0 Å². The Bertz CT molecular complexity index is 1120. The minimum atomic E-state index is -0.0578. The van der Waals surface area contributed by atoms with Gasteiger partial charge in [-0.1, -0.05) is 30.0 Å². The molecule has 0 fully saturated rings. The van der Waals surface area contributed by atoms with Crippen LogP contribution < -0.4 is 10.5 Å². The summed E-state index contributed by atoms with van der Waals surface area (Å²) in [6, 6.07) is 17.2. The van der Waals surface area contributed by atoms with E-state index in [1.165, 1.54) is 11.8 Å². The molecule has 3 aromatic rings. The molecule has 0 amide bonds. The lowest BCUT2D eigenvalue weighted by Gasteiger charge is -2.16. The maximum Gasteiger partial charge on any atom is 0.143 e. The molecule has 0 radical (unpaired) electrons. The molecule has 0 aliphatic heterocycles. The molecule has 156 valence electrons. The number of thioether (sulfide) groups is 1. The van der Waals surface area contributed by atoms with Crippen LogP contribution in [0.15, 0.2) is 53.7 Å². The third kappa shape index (κ3) is 5.13. The summed E-state index contributed by atoms with van der Waals surface area (Å²) in [5.74, 6) is 0.755. The SMILES string of the molecule is COCCOc1ccc(-c2c(C#N)c(N)nc(S[C@H](C)c3ccccn3)c2C#N)cc1. The molecule has 0 saturated carbocycles. The molecular weight excluding hydrogens is 410 g/mol. The highest BCUT2D eigenvalue weighted by Crippen LogP contribution is 2.40. The van der Waals surface area contributed by atoms with Gasteiger partial charge in [0, 0.05) is 18.9 Å². The summed E-state index contributed by atoms with van der Waals surface area (Å²) in [6.45, 7) is 2.89. The van der Waals surface area contributed by atoms with Crippen LogP contribution in [0, 0.1) is 22.7 Å². The van der Waals surface area contributed by atoms with Gasteiger partial charge in [-0.3, -0.25) is 4.98 Å². The van der Waals surface area contributed by atoms with Crippen LogP contribution in [-0.4, -0.2) is 30.3 Å². The van der Waals surface area contributed by atoms with Crippen molar-refractivity contribution in [1.82, 2.24) is 9.97 Å². The van der Waals surface area contributed by atoms with Crippen molar-refractivity contribution in [1.29, 1.82) is 10.5 Å². The number of nitrogens with two attached hydrogens (primary N) is 1. The number of methoxy groups -OCH3 is 1. The normalized spacial score (nSPS) is 11.4. The average molecular weight is 432 g/mol. The van der Waals surface area contributed by atoms with Gasteiger partial charge in [0.25, 0.3) is 0 Å². The lowest BCUT2D eigenvalue weighted by atomic mass is 9.97. The highest BCUT2D eigenvalue weighted by Gasteiger charge is 2.22. The zero-order valence-electron chi connectivity index (χ0n) is 17.2. The van der Waals surface area contributed by atoms with Crippen molar-refractivity contribution in [2.24, 2.45) is 0 Å². The number of nitriles is 2. The molecule has 0 saturated heterocycles. The molecule has 2 heterocycles. The van der Waals surface area contributed by atoms with Crippen LogP contribution >= 0.6 is 11.8 Å². The highest BCUT2D eigenvalue weighted by molar-refractivity contribution is 7.99. The summed E-state index contributed by atoms with van der Waals surface area (Å²) in [6.07, 6.45) is 1.72. The minimum absolute atomic E-state index is 0.0578. The maximum absolute atomic E-state index is 9.95. The van der Waals surface area contributed by atoms with Gasteiger partial charge in [0.15, 0.2) is 0 Å². The third-order valence-corrected chi connectivity index (χ3v) is 5.62. The van der Waals surface area contributed by atoms with Crippen molar-refractivity contribution >= 4 is 17.6 Å². The fraction of sp³-hybridized carbons (Fsp3) is 0.217. The number of pyridine rings is 2. The first-order valence-electron chi connectivity index (χ1n) is 9.52. The van der Waals surface area contributed by atoms with Crippen molar-refractivity contribution in [3.05, 3.63) is 65.5 Å². The second-order valence-electron chi connectivity index (χ2n) is 6.53. The number of rotatable bonds is 8. The van der Waals surface area contributed by atoms with Gasteiger partial charge < -0.3 is 15.2 Å². The number of hydrogen-bond donors (Lipinski definition) is 1. The van der Waals surface area contributed by atoms with Gasteiger partial charge in [0.1, 0.15) is 40.9 Å². The van der Waals surface area contributed by atoms with Crippen LogP contribution in [0.4, 0.5) is 5.82 Å². The molecule has 7 nitrogen and oxygen atoms in total. The van der Waals surface area contributed by atoms with Crippen LogP contribution in [0.5, 0.6) is 5.75 Å². The summed E-state index contributed by atoms with van der Waals surface area (Å²) in [4.78, 5) is 8.73. The number of anilines is 1. The molecule has 3 rings (SSSR count). The van der Waals surface area contributed by atoms with Gasteiger partial charge in [-0.05, 0) is 36.8 Å². The van der Waals surface area contributed by atoms with Crippen LogP contribution in [0.2, 0.25) is 0 Å². The average Bonchev–Trinajstić information content (AvgIpc) is 2.80. The summed E-state index contributed by atoms with van der Waals surface area (Å²) in [7, 11) is 1.61. The van der Waals surface area contributed by atoms with Crippen molar-refractivity contribution < 1.29 is 9.47 Å². The van der Waals surface area contributed by atoms with Crippen LogP contribution in [0.25, 0.3) is 11.1 Å². The van der Waals surface area contributed by atoms with E-state index in [1.54, 1.807) is 37.6 Å². The summed E-state index contributed by atoms with van der Waals surface area (Å²) in [5, 5.41) is 20.0. The van der Waals surface area contributed by atoms with Crippen molar-refractivity contribution in [2.45, 2.75) is 17.2 Å². The number of hydrogen-bond acceptors (Lipinski definition) is 8. The van der Waals surface area contributed by atoms with E-state index >= 15 is 0 Å². The van der Waals surface area contributed by atoms with E-state index in [1.807, 2.05) is 25.1 Å². The van der Waals surface area contributed by atoms with E-state index in [9.17, 15) is 10.5 Å². The highest BCUT2D eigenvalue weighted by atomic mass is 32.2. The standard InChI is InChI=1S/C23H21N5O2S/c1-15(20-5-3-4-10-27-20)31-23-19(14-25)21(18(13-24)22(26)28-23)16-6-8-17(9-7-16)30-12-11-29-2/h3-10,15H,11-12H2,1-2H3,(H2,26,28)/t15-/m1/s1. The van der Waals surface area contributed by atoms with E-state index in [-0.39, 0.29) is 16.6 Å². The van der Waals surface area contributed by atoms with Gasteiger partial charge >= 0.3 is 0 Å². The minimum Gasteiger partial charge on any atom is -0.491 e. The van der Waals surface area contributed by atoms with Crippen molar-refractivity contribution in [3.8, 4) is 29.0 Å². The zero-order valence-corrected chi connectivity index (χ0v) is 18.0. The molecule has 0 bridgehead atoms. The molecule has 2 aromatic heterocycles. The second kappa shape index (κ2) is 10.4. The smallest absolute Gasteiger partial charge is 0.143 e. The molecule has 0 aliphatic rings. The predicted molar refractivity (Wildman–Crippen MR) is 119 cm³/mol. The van der Waals surface area contributed by atoms with E-state index < -0.39 is 0 Å². The van der Waals surface area contributed by atoms with E-state index in [4.69, 9.17) is 15.2 Å². The number of nitrogens with zero attached hydrogens (tertiary/aromatic N) is 4. The Morgan fingerprint density at radius 3 is 2.42 bits per heavy atom. The first-order chi connectivity index (χ1) is 15.1. The Hall–Kier alpha value is -3.59. The summed E-state index contributed by atoms with van der Waals surface area (Å²) < 4.78 is 10.6. The maximum atomic E-state index is 9.95. The molecule has 2 N–H and O–H groups in total. The number of nitrogen functional groups attached to an aromatic ring is 1. The number of benzene rings is 1. The van der Waals surface area contributed by atoms with Crippen molar-refractivity contribution in [3.63, 3.8) is 0 Å². The fourth-order valence-corrected chi connectivity index (χ4v) is 3.99. The van der Waals surface area contributed by atoms with Gasteiger partial charge in [-0.25, -0.2) is 4.98 Å². The predicted octanol–water partition coefficient (Wildman–Crippen LogP) is 4.35. The number of ether oxygens (including phenoxy) is 2. The number of aromatic nitrogens is 2. The Balaban J connectivity index is 2.01. The molecule has 1 aromatic carbocycles. The molecule has 0 aliphatic carbocycles. The van der Waals surface area contributed by atoms with Crippen LogP contribution in [-0.2, 0) is 4.74 Å². The van der Waals surface area contributed by atoms with Gasteiger partial charge in [0.05, 0.1) is 23.1 Å². The molecular formula is C23H21N5O2S. The van der Waals surface area contributed by atoms with Gasteiger partial charge in [-0.15, -0.1) is 0 Å². The Morgan fingerprint density at radius 1 is 1.06 bits per heavy atom. The molecule has 0 spiro atoms. The first kappa shape index (κ1) is 22.1.